The molecule has 0 unspecified atom stereocenters. The van der Waals surface area contributed by atoms with Crippen LogP contribution >= 0.6 is 0 Å². The molecule has 0 saturated heterocycles. The van der Waals surface area contributed by atoms with Crippen molar-refractivity contribution in [3.8, 4) is 11.3 Å². The van der Waals surface area contributed by atoms with Crippen LogP contribution in [-0.4, -0.2) is 15.7 Å². The monoisotopic (exact) mass is 369 g/mol. The van der Waals surface area contributed by atoms with Crippen molar-refractivity contribution in [3.63, 3.8) is 0 Å². The van der Waals surface area contributed by atoms with E-state index >= 15 is 0 Å². The molecule has 0 spiro atoms. The zero-order valence-electron chi connectivity index (χ0n) is 14.4. The first-order valence-electron chi connectivity index (χ1n) is 8.36. The zero-order chi connectivity index (χ0) is 19.2. The van der Waals surface area contributed by atoms with Gasteiger partial charge in [0, 0.05) is 30.7 Å². The lowest BCUT2D eigenvalue weighted by Crippen LogP contribution is -2.28. The van der Waals surface area contributed by atoms with Crippen LogP contribution in [0.15, 0.2) is 65.5 Å². The van der Waals surface area contributed by atoms with Crippen molar-refractivity contribution in [1.29, 1.82) is 0 Å². The highest BCUT2D eigenvalue weighted by molar-refractivity contribution is 5.75. The molecule has 3 rings (SSSR count). The van der Waals surface area contributed by atoms with Crippen LogP contribution in [0.5, 0.6) is 0 Å². The molecule has 1 N–H and O–H groups in total. The number of carbonyl (C=O) groups excluding carboxylic acids is 1. The Labute approximate surface area is 154 Å². The van der Waals surface area contributed by atoms with Gasteiger partial charge >= 0.3 is 0 Å². The molecule has 0 aliphatic rings. The average molecular weight is 369 g/mol. The topological polar surface area (TPSA) is 64.0 Å². The summed E-state index contributed by atoms with van der Waals surface area (Å²) in [6, 6.07) is 15.5. The Morgan fingerprint density at radius 3 is 2.41 bits per heavy atom. The van der Waals surface area contributed by atoms with E-state index in [1.54, 1.807) is 6.07 Å². The molecule has 0 bridgehead atoms. The third kappa shape index (κ3) is 5.07. The van der Waals surface area contributed by atoms with Crippen LogP contribution in [0.1, 0.15) is 12.0 Å². The zero-order valence-corrected chi connectivity index (χ0v) is 14.4. The minimum atomic E-state index is -0.701. The van der Waals surface area contributed by atoms with E-state index in [9.17, 15) is 18.4 Å². The first-order valence-corrected chi connectivity index (χ1v) is 8.36. The van der Waals surface area contributed by atoms with Crippen LogP contribution in [0.3, 0.4) is 0 Å². The summed E-state index contributed by atoms with van der Waals surface area (Å²) in [5.74, 6) is -1.75. The van der Waals surface area contributed by atoms with Gasteiger partial charge in [0.1, 0.15) is 11.6 Å². The molecule has 7 heteroatoms. The third-order valence-electron chi connectivity index (χ3n) is 3.90. The fourth-order valence-electron chi connectivity index (χ4n) is 2.58. The van der Waals surface area contributed by atoms with Gasteiger partial charge in [-0.2, -0.15) is 5.10 Å². The van der Waals surface area contributed by atoms with Gasteiger partial charge in [-0.15, -0.1) is 0 Å². The van der Waals surface area contributed by atoms with E-state index in [2.05, 4.69) is 10.4 Å². The second-order valence-electron chi connectivity index (χ2n) is 5.95. The third-order valence-corrected chi connectivity index (χ3v) is 3.90. The molecule has 1 amide bonds. The van der Waals surface area contributed by atoms with Crippen LogP contribution in [-0.2, 0) is 17.9 Å². The molecule has 1 heterocycles. The normalized spacial score (nSPS) is 10.6. The predicted molar refractivity (Wildman–Crippen MR) is 96.8 cm³/mol. The van der Waals surface area contributed by atoms with Crippen LogP contribution in [0.25, 0.3) is 11.3 Å². The van der Waals surface area contributed by atoms with Crippen LogP contribution in [0, 0.1) is 11.6 Å². The van der Waals surface area contributed by atoms with E-state index in [0.29, 0.717) is 11.3 Å². The van der Waals surface area contributed by atoms with Crippen molar-refractivity contribution in [3.05, 3.63) is 88.2 Å². The van der Waals surface area contributed by atoms with E-state index in [-0.39, 0.29) is 31.0 Å². The summed E-state index contributed by atoms with van der Waals surface area (Å²) in [5, 5.41) is 6.85. The molecule has 138 valence electrons. The molecule has 2 aromatic carbocycles. The lowest BCUT2D eigenvalue weighted by Gasteiger charge is -2.08. The summed E-state index contributed by atoms with van der Waals surface area (Å²) in [6.45, 7) is 0.0999. The Bertz CT molecular complexity index is 983. The Balaban J connectivity index is 1.61. The largest absolute Gasteiger partial charge is 0.352 e. The number of benzene rings is 2. The maximum atomic E-state index is 13.1. The number of carbonyl (C=O) groups is 1. The SMILES string of the molecule is O=C(CCn1nc(-c2ccccc2)ccc1=O)NCc1cc(F)cc(F)c1. The number of aromatic nitrogens is 2. The summed E-state index contributed by atoms with van der Waals surface area (Å²) in [6.07, 6.45) is 0.0168. The molecule has 3 aromatic rings. The van der Waals surface area contributed by atoms with Crippen molar-refractivity contribution in [2.24, 2.45) is 0 Å². The maximum absolute atomic E-state index is 13.1. The molecular formula is C20H17F2N3O2. The molecule has 0 fully saturated rings. The van der Waals surface area contributed by atoms with Gasteiger partial charge in [-0.1, -0.05) is 30.3 Å². The van der Waals surface area contributed by atoms with E-state index in [1.165, 1.54) is 10.7 Å². The lowest BCUT2D eigenvalue weighted by atomic mass is 10.1. The highest BCUT2D eigenvalue weighted by atomic mass is 19.1. The number of amides is 1. The Hall–Kier alpha value is -3.35. The number of rotatable bonds is 6. The van der Waals surface area contributed by atoms with Gasteiger partial charge in [0.2, 0.25) is 5.91 Å². The Morgan fingerprint density at radius 2 is 1.70 bits per heavy atom. The van der Waals surface area contributed by atoms with Gasteiger partial charge in [0.25, 0.3) is 5.56 Å². The van der Waals surface area contributed by atoms with Crippen molar-refractivity contribution in [2.45, 2.75) is 19.5 Å². The predicted octanol–water partition coefficient (Wildman–Crippen LogP) is 2.90. The van der Waals surface area contributed by atoms with Gasteiger partial charge in [0.05, 0.1) is 12.2 Å². The van der Waals surface area contributed by atoms with Crippen LogP contribution in [0.2, 0.25) is 0 Å². The van der Waals surface area contributed by atoms with E-state index in [0.717, 1.165) is 23.8 Å². The summed E-state index contributed by atoms with van der Waals surface area (Å²) in [4.78, 5) is 23.9. The lowest BCUT2D eigenvalue weighted by molar-refractivity contribution is -0.121. The molecular weight excluding hydrogens is 352 g/mol. The van der Waals surface area contributed by atoms with E-state index in [1.807, 2.05) is 30.3 Å². The maximum Gasteiger partial charge on any atom is 0.266 e. The second kappa shape index (κ2) is 8.35. The minimum absolute atomic E-state index is 0.000103. The molecule has 0 atom stereocenters. The Kier molecular flexibility index (Phi) is 5.71. The number of hydrogen-bond acceptors (Lipinski definition) is 3. The quantitative estimate of drug-likeness (QED) is 0.727. The van der Waals surface area contributed by atoms with Gasteiger partial charge in [-0.3, -0.25) is 9.59 Å². The average Bonchev–Trinajstić information content (AvgIpc) is 2.65. The molecule has 0 aliphatic heterocycles. The molecule has 0 saturated carbocycles. The van der Waals surface area contributed by atoms with Gasteiger partial charge in [-0.05, 0) is 23.8 Å². The summed E-state index contributed by atoms with van der Waals surface area (Å²) in [7, 11) is 0. The van der Waals surface area contributed by atoms with Gasteiger partial charge in [-0.25, -0.2) is 13.5 Å². The standard InChI is InChI=1S/C20H17F2N3O2/c21-16-10-14(11-17(22)12-16)13-23-19(26)8-9-25-20(27)7-6-18(24-25)15-4-2-1-3-5-15/h1-7,10-12H,8-9,13H2,(H,23,26). The summed E-state index contributed by atoms with van der Waals surface area (Å²) < 4.78 is 27.5. The van der Waals surface area contributed by atoms with Crippen molar-refractivity contribution in [2.75, 3.05) is 0 Å². The van der Waals surface area contributed by atoms with Gasteiger partial charge < -0.3 is 5.32 Å². The smallest absolute Gasteiger partial charge is 0.266 e. The Morgan fingerprint density at radius 1 is 1.00 bits per heavy atom. The number of halogens is 2. The van der Waals surface area contributed by atoms with E-state index < -0.39 is 11.6 Å². The fourth-order valence-corrected chi connectivity index (χ4v) is 2.58. The molecule has 0 aliphatic carbocycles. The highest BCUT2D eigenvalue weighted by Gasteiger charge is 2.07. The molecule has 5 nitrogen and oxygen atoms in total. The van der Waals surface area contributed by atoms with Crippen molar-refractivity contribution < 1.29 is 13.6 Å². The van der Waals surface area contributed by atoms with Crippen LogP contribution < -0.4 is 10.9 Å². The minimum Gasteiger partial charge on any atom is -0.352 e. The highest BCUT2D eigenvalue weighted by Crippen LogP contribution is 2.14. The molecule has 0 radical (unpaired) electrons. The molecule has 27 heavy (non-hydrogen) atoms. The number of nitrogens with zero attached hydrogens (tertiary/aromatic N) is 2. The second-order valence-corrected chi connectivity index (χ2v) is 5.95. The number of nitrogens with one attached hydrogen (secondary N) is 1. The number of aryl methyl sites for hydroxylation is 1. The molecule has 1 aromatic heterocycles. The summed E-state index contributed by atoms with van der Waals surface area (Å²) in [5.41, 5.74) is 1.51. The summed E-state index contributed by atoms with van der Waals surface area (Å²) >= 11 is 0. The van der Waals surface area contributed by atoms with Crippen LogP contribution in [0.4, 0.5) is 8.78 Å². The first kappa shape index (κ1) is 18.4. The number of hydrogen-bond donors (Lipinski definition) is 1. The van der Waals surface area contributed by atoms with Gasteiger partial charge in [0.15, 0.2) is 0 Å². The van der Waals surface area contributed by atoms with Crippen molar-refractivity contribution in [1.82, 2.24) is 15.1 Å². The van der Waals surface area contributed by atoms with E-state index in [4.69, 9.17) is 0 Å². The first-order chi connectivity index (χ1) is 13.0. The fraction of sp³-hybridized carbons (Fsp3) is 0.150. The van der Waals surface area contributed by atoms with Crippen molar-refractivity contribution >= 4 is 5.91 Å².